The van der Waals surface area contributed by atoms with Gasteiger partial charge in [-0.15, -0.1) is 17.9 Å². The van der Waals surface area contributed by atoms with Crippen molar-refractivity contribution in [3.8, 4) is 0 Å². The summed E-state index contributed by atoms with van der Waals surface area (Å²) in [4.78, 5) is 19.2. The van der Waals surface area contributed by atoms with Gasteiger partial charge in [0.2, 0.25) is 5.91 Å². The Bertz CT molecular complexity index is 844. The Labute approximate surface area is 201 Å². The molecule has 3 rings (SSSR count). The van der Waals surface area contributed by atoms with Crippen molar-refractivity contribution in [1.82, 2.24) is 10.3 Å². The number of aliphatic hydroxyl groups excluding tert-OH is 3. The molecule has 2 aliphatic rings. The SMILES string of the molecule is C=CCNc1nc2c(s1)CC1C(C)(CO)C(O)CCC1(C)C2CC(=O)NC(CO)CC(C)C. The van der Waals surface area contributed by atoms with Crippen molar-refractivity contribution in [3.05, 3.63) is 23.2 Å². The van der Waals surface area contributed by atoms with Crippen LogP contribution in [0, 0.1) is 22.7 Å². The van der Waals surface area contributed by atoms with Gasteiger partial charge in [0.15, 0.2) is 5.13 Å². The van der Waals surface area contributed by atoms with E-state index >= 15 is 0 Å². The fourth-order valence-electron chi connectivity index (χ4n) is 6.10. The molecule has 1 aromatic rings. The third kappa shape index (κ3) is 5.14. The highest BCUT2D eigenvalue weighted by Crippen LogP contribution is 2.62. The molecule has 0 saturated heterocycles. The average molecular weight is 480 g/mol. The van der Waals surface area contributed by atoms with Crippen LogP contribution in [-0.4, -0.2) is 58.1 Å². The Hall–Kier alpha value is -1.48. The number of rotatable bonds is 10. The topological polar surface area (TPSA) is 115 Å². The van der Waals surface area contributed by atoms with Gasteiger partial charge in [0.25, 0.3) is 0 Å². The highest BCUT2D eigenvalue weighted by atomic mass is 32.1. The normalized spacial score (nSPS) is 32.1. The van der Waals surface area contributed by atoms with Crippen LogP contribution in [0.5, 0.6) is 0 Å². The predicted molar refractivity (Wildman–Crippen MR) is 132 cm³/mol. The number of nitrogens with zero attached hydrogens (tertiary/aromatic N) is 1. The van der Waals surface area contributed by atoms with E-state index in [4.69, 9.17) is 4.98 Å². The number of fused-ring (bicyclic) bond motifs is 2. The molecule has 6 atom stereocenters. The smallest absolute Gasteiger partial charge is 0.220 e. The molecular weight excluding hydrogens is 438 g/mol. The summed E-state index contributed by atoms with van der Waals surface area (Å²) in [5.41, 5.74) is 0.0441. The molecule has 1 aromatic heterocycles. The second-order valence-corrected chi connectivity index (χ2v) is 11.9. The van der Waals surface area contributed by atoms with E-state index in [2.05, 4.69) is 38.0 Å². The minimum atomic E-state index is -0.636. The zero-order chi connectivity index (χ0) is 24.4. The van der Waals surface area contributed by atoms with Crippen LogP contribution >= 0.6 is 11.3 Å². The molecule has 6 unspecified atom stereocenters. The lowest BCUT2D eigenvalue weighted by Gasteiger charge is -2.58. The molecule has 0 spiro atoms. The maximum Gasteiger partial charge on any atom is 0.220 e. The molecule has 5 N–H and O–H groups in total. The van der Waals surface area contributed by atoms with Gasteiger partial charge in [-0.3, -0.25) is 4.79 Å². The molecule has 0 radical (unpaired) electrons. The van der Waals surface area contributed by atoms with Crippen LogP contribution < -0.4 is 10.6 Å². The molecule has 7 nitrogen and oxygen atoms in total. The second-order valence-electron chi connectivity index (χ2n) is 10.8. The first-order chi connectivity index (χ1) is 15.6. The first-order valence-electron chi connectivity index (χ1n) is 12.1. The monoisotopic (exact) mass is 479 g/mol. The minimum absolute atomic E-state index is 0.0288. The van der Waals surface area contributed by atoms with Crippen LogP contribution in [0.15, 0.2) is 12.7 Å². The maximum atomic E-state index is 13.2. The molecule has 0 aromatic carbocycles. The Kier molecular flexibility index (Phi) is 8.25. The van der Waals surface area contributed by atoms with Gasteiger partial charge in [-0.25, -0.2) is 4.98 Å². The summed E-state index contributed by atoms with van der Waals surface area (Å²) < 4.78 is 0. The Morgan fingerprint density at radius 3 is 2.70 bits per heavy atom. The minimum Gasteiger partial charge on any atom is -0.396 e. The molecule has 2 aliphatic carbocycles. The van der Waals surface area contributed by atoms with E-state index in [0.29, 0.717) is 18.9 Å². The number of carbonyl (C=O) groups is 1. The first-order valence-corrected chi connectivity index (χ1v) is 12.9. The zero-order valence-electron chi connectivity index (χ0n) is 20.4. The summed E-state index contributed by atoms with van der Waals surface area (Å²) in [5.74, 6) is 0.185. The fourth-order valence-corrected chi connectivity index (χ4v) is 7.18. The van der Waals surface area contributed by atoms with Crippen molar-refractivity contribution >= 4 is 22.4 Å². The molecule has 33 heavy (non-hydrogen) atoms. The molecule has 186 valence electrons. The van der Waals surface area contributed by atoms with Gasteiger partial charge in [-0.2, -0.15) is 0 Å². The third-order valence-electron chi connectivity index (χ3n) is 8.02. The molecule has 1 amide bonds. The zero-order valence-corrected chi connectivity index (χ0v) is 21.2. The van der Waals surface area contributed by atoms with Crippen molar-refractivity contribution in [1.29, 1.82) is 0 Å². The molecule has 8 heteroatoms. The lowest BCUT2D eigenvalue weighted by Crippen LogP contribution is -2.58. The number of thiazole rings is 1. The number of aliphatic hydroxyl groups is 3. The van der Waals surface area contributed by atoms with Crippen molar-refractivity contribution < 1.29 is 20.1 Å². The van der Waals surface area contributed by atoms with Gasteiger partial charge < -0.3 is 26.0 Å². The highest BCUT2D eigenvalue weighted by molar-refractivity contribution is 7.15. The van der Waals surface area contributed by atoms with Crippen molar-refractivity contribution in [2.24, 2.45) is 22.7 Å². The van der Waals surface area contributed by atoms with Crippen molar-refractivity contribution in [2.75, 3.05) is 25.1 Å². The van der Waals surface area contributed by atoms with E-state index in [1.54, 1.807) is 17.4 Å². The van der Waals surface area contributed by atoms with Crippen LogP contribution in [0.25, 0.3) is 0 Å². The molecule has 1 saturated carbocycles. The Morgan fingerprint density at radius 2 is 2.09 bits per heavy atom. The first kappa shape index (κ1) is 26.1. The molecule has 1 heterocycles. The fraction of sp³-hybridized carbons (Fsp3) is 0.760. The summed E-state index contributed by atoms with van der Waals surface area (Å²) in [6.07, 6.45) is 4.31. The average Bonchev–Trinajstić information content (AvgIpc) is 3.18. The number of nitrogens with one attached hydrogen (secondary N) is 2. The number of anilines is 1. The van der Waals surface area contributed by atoms with Crippen LogP contribution in [0.2, 0.25) is 0 Å². The van der Waals surface area contributed by atoms with Crippen LogP contribution in [0.3, 0.4) is 0 Å². The lowest BCUT2D eigenvalue weighted by atomic mass is 9.47. The number of hydrogen-bond acceptors (Lipinski definition) is 7. The van der Waals surface area contributed by atoms with E-state index in [1.165, 1.54) is 0 Å². The number of hydrogen-bond donors (Lipinski definition) is 5. The van der Waals surface area contributed by atoms with Gasteiger partial charge in [-0.1, -0.05) is 33.8 Å². The lowest BCUT2D eigenvalue weighted by molar-refractivity contribution is -0.144. The Balaban J connectivity index is 1.96. The molecule has 1 fully saturated rings. The van der Waals surface area contributed by atoms with E-state index < -0.39 is 11.5 Å². The van der Waals surface area contributed by atoms with Crippen LogP contribution in [0.1, 0.15) is 69.9 Å². The second kappa shape index (κ2) is 10.4. The van der Waals surface area contributed by atoms with E-state index in [0.717, 1.165) is 35.0 Å². The third-order valence-corrected chi connectivity index (χ3v) is 9.07. The predicted octanol–water partition coefficient (Wildman–Crippen LogP) is 3.07. The summed E-state index contributed by atoms with van der Waals surface area (Å²) in [7, 11) is 0. The molecular formula is C25H41N3O4S. The van der Waals surface area contributed by atoms with Crippen LogP contribution in [-0.2, 0) is 11.2 Å². The highest BCUT2D eigenvalue weighted by Gasteiger charge is 2.59. The van der Waals surface area contributed by atoms with Gasteiger partial charge in [0.05, 0.1) is 31.1 Å². The van der Waals surface area contributed by atoms with Gasteiger partial charge >= 0.3 is 0 Å². The van der Waals surface area contributed by atoms with E-state index in [1.807, 2.05) is 6.92 Å². The molecule has 0 bridgehead atoms. The quantitative estimate of drug-likeness (QED) is 0.330. The summed E-state index contributed by atoms with van der Waals surface area (Å²) >= 11 is 1.59. The summed E-state index contributed by atoms with van der Waals surface area (Å²) in [6, 6.07) is -0.264. The van der Waals surface area contributed by atoms with Crippen molar-refractivity contribution in [3.63, 3.8) is 0 Å². The van der Waals surface area contributed by atoms with E-state index in [-0.39, 0.29) is 48.8 Å². The standard InChI is InChI=1S/C25H41N3O4S/c1-6-9-26-23-28-22-17(11-21(32)27-16(13-29)10-15(2)3)24(4)8-7-20(31)25(5,14-30)19(24)12-18(22)33-23/h6,15-17,19-20,29-31H,1,7-14H2,2-5H3,(H,26,28)(H,27,32). The van der Waals surface area contributed by atoms with Crippen molar-refractivity contribution in [2.45, 2.75) is 77.9 Å². The Morgan fingerprint density at radius 1 is 1.36 bits per heavy atom. The summed E-state index contributed by atoms with van der Waals surface area (Å²) in [5, 5.41) is 38.1. The van der Waals surface area contributed by atoms with Gasteiger partial charge in [0, 0.05) is 29.2 Å². The van der Waals surface area contributed by atoms with Gasteiger partial charge in [0.1, 0.15) is 0 Å². The maximum absolute atomic E-state index is 13.2. The van der Waals surface area contributed by atoms with E-state index in [9.17, 15) is 20.1 Å². The van der Waals surface area contributed by atoms with Crippen LogP contribution in [0.4, 0.5) is 5.13 Å². The summed E-state index contributed by atoms with van der Waals surface area (Å²) in [6.45, 7) is 12.5. The largest absolute Gasteiger partial charge is 0.396 e. The number of amides is 1. The molecule has 0 aliphatic heterocycles. The number of carbonyl (C=O) groups excluding carboxylic acids is 1. The van der Waals surface area contributed by atoms with Gasteiger partial charge in [-0.05, 0) is 42.9 Å². The number of aromatic nitrogens is 1.